The number of benzene rings is 1. The van der Waals surface area contributed by atoms with E-state index in [-0.39, 0.29) is 10.6 Å². The predicted octanol–water partition coefficient (Wildman–Crippen LogP) is 3.34. The number of aryl methyl sites for hydroxylation is 2. The molecule has 3 aromatic rings. The number of hydrogen-bond acceptors (Lipinski definition) is 5. The van der Waals surface area contributed by atoms with E-state index in [1.54, 1.807) is 6.20 Å². The first kappa shape index (κ1) is 21.9. The van der Waals surface area contributed by atoms with Crippen molar-refractivity contribution in [2.45, 2.75) is 39.2 Å². The molecule has 0 N–H and O–H groups in total. The van der Waals surface area contributed by atoms with E-state index in [1.165, 1.54) is 29.7 Å². The molecule has 1 aromatic carbocycles. The number of hydrogen-bond donors (Lipinski definition) is 0. The van der Waals surface area contributed by atoms with E-state index >= 15 is 0 Å². The lowest BCUT2D eigenvalue weighted by Gasteiger charge is -2.35. The van der Waals surface area contributed by atoms with E-state index in [1.807, 2.05) is 21.7 Å². The molecule has 0 radical (unpaired) electrons. The van der Waals surface area contributed by atoms with Gasteiger partial charge in [-0.2, -0.15) is 10.2 Å². The van der Waals surface area contributed by atoms with Gasteiger partial charge in [-0.05, 0) is 62.1 Å². The maximum atomic E-state index is 13.1. The summed E-state index contributed by atoms with van der Waals surface area (Å²) in [4.78, 5) is 17.2. The summed E-state index contributed by atoms with van der Waals surface area (Å²) in [6.45, 7) is 7.48. The highest BCUT2D eigenvalue weighted by molar-refractivity contribution is 5.76. The molecule has 168 valence electrons. The van der Waals surface area contributed by atoms with Crippen molar-refractivity contribution in [2.75, 3.05) is 31.1 Å². The molecule has 0 bridgehead atoms. The molecule has 1 saturated heterocycles. The number of rotatable bonds is 5. The van der Waals surface area contributed by atoms with E-state index in [4.69, 9.17) is 5.10 Å². The third-order valence-electron chi connectivity index (χ3n) is 6.41. The fourth-order valence-electron chi connectivity index (χ4n) is 4.18. The van der Waals surface area contributed by atoms with Gasteiger partial charge >= 0.3 is 0 Å². The van der Waals surface area contributed by atoms with Crippen molar-refractivity contribution in [1.82, 2.24) is 24.9 Å². The molecule has 2 fully saturated rings. The van der Waals surface area contributed by atoms with E-state index in [0.717, 1.165) is 30.2 Å². The van der Waals surface area contributed by atoms with Crippen molar-refractivity contribution in [2.24, 2.45) is 0 Å². The molecule has 0 atom stereocenters. The van der Waals surface area contributed by atoms with Gasteiger partial charge in [0.2, 0.25) is 5.91 Å². The third-order valence-corrected chi connectivity index (χ3v) is 6.41. The molecule has 0 unspecified atom stereocenters. The number of anilines is 1. The molecule has 1 amide bonds. The quantitative estimate of drug-likeness (QED) is 0.614. The topological polar surface area (TPSA) is 67.2 Å². The summed E-state index contributed by atoms with van der Waals surface area (Å²) < 4.78 is 1.94. The monoisotopic (exact) mass is 436 g/mol. The van der Waals surface area contributed by atoms with Gasteiger partial charge in [0.05, 0.1) is 5.69 Å². The van der Waals surface area contributed by atoms with Gasteiger partial charge in [-0.25, -0.2) is 0 Å². The lowest BCUT2D eigenvalue weighted by Crippen LogP contribution is -2.50. The van der Waals surface area contributed by atoms with Crippen LogP contribution in [0.3, 0.4) is 0 Å². The smallest absolute Gasteiger partial charge is 0.244 e. The normalized spacial score (nSPS) is 16.1. The standard InChI is InChI=1S/C24H28N6O.FH/c1-17-5-6-20(14-18(17)2)21-15-22(19-7-8-19)30(27-21)16-24(31)29-12-10-28(11-13-29)23-4-3-9-25-26-23;/h3-6,9,14-15,19H,7-8,10-13,16H2,1-2H3;1H. The fourth-order valence-corrected chi connectivity index (χ4v) is 4.18. The van der Waals surface area contributed by atoms with Gasteiger partial charge < -0.3 is 9.80 Å². The summed E-state index contributed by atoms with van der Waals surface area (Å²) >= 11 is 0. The molecule has 2 aromatic heterocycles. The number of amides is 1. The summed E-state index contributed by atoms with van der Waals surface area (Å²) in [7, 11) is 0. The molecule has 1 aliphatic heterocycles. The highest BCUT2D eigenvalue weighted by atomic mass is 19.0. The Balaban J connectivity index is 0.00000245. The van der Waals surface area contributed by atoms with Crippen LogP contribution in [-0.2, 0) is 11.3 Å². The summed E-state index contributed by atoms with van der Waals surface area (Å²) in [5.41, 5.74) is 5.82. The second-order valence-corrected chi connectivity index (χ2v) is 8.64. The van der Waals surface area contributed by atoms with Crippen LogP contribution in [0.4, 0.5) is 10.5 Å². The summed E-state index contributed by atoms with van der Waals surface area (Å²) in [5, 5.41) is 13.0. The van der Waals surface area contributed by atoms with Gasteiger partial charge in [0.1, 0.15) is 6.54 Å². The van der Waals surface area contributed by atoms with Gasteiger partial charge in [0.25, 0.3) is 0 Å². The van der Waals surface area contributed by atoms with Crippen LogP contribution < -0.4 is 4.90 Å². The van der Waals surface area contributed by atoms with Crippen LogP contribution in [0.2, 0.25) is 0 Å². The fraction of sp³-hybridized carbons (Fsp3) is 0.417. The van der Waals surface area contributed by atoms with Crippen LogP contribution >= 0.6 is 0 Å². The minimum Gasteiger partial charge on any atom is -0.352 e. The highest BCUT2D eigenvalue weighted by Crippen LogP contribution is 2.41. The van der Waals surface area contributed by atoms with E-state index in [2.05, 4.69) is 53.2 Å². The molecule has 1 saturated carbocycles. The maximum Gasteiger partial charge on any atom is 0.244 e. The SMILES string of the molecule is Cc1ccc(-c2cc(C3CC3)n(CC(=O)N3CCN(c4cccnn4)CC3)n2)cc1C.F. The van der Waals surface area contributed by atoms with Crippen molar-refractivity contribution >= 4 is 11.7 Å². The van der Waals surface area contributed by atoms with E-state index in [0.29, 0.717) is 25.6 Å². The summed E-state index contributed by atoms with van der Waals surface area (Å²) in [6, 6.07) is 12.5. The number of nitrogens with zero attached hydrogens (tertiary/aromatic N) is 6. The molecule has 8 heteroatoms. The number of aromatic nitrogens is 4. The third kappa shape index (κ3) is 4.49. The van der Waals surface area contributed by atoms with E-state index < -0.39 is 0 Å². The van der Waals surface area contributed by atoms with E-state index in [9.17, 15) is 4.79 Å². The molecular formula is C24H29FN6O. The molecule has 3 heterocycles. The van der Waals surface area contributed by atoms with Gasteiger partial charge in [0.15, 0.2) is 5.82 Å². The van der Waals surface area contributed by atoms with Crippen LogP contribution in [0.1, 0.15) is 35.6 Å². The van der Waals surface area contributed by atoms with Gasteiger partial charge in [0, 0.05) is 49.6 Å². The first-order valence-electron chi connectivity index (χ1n) is 11.0. The van der Waals surface area contributed by atoms with Crippen molar-refractivity contribution in [3.05, 3.63) is 59.4 Å². The Hall–Kier alpha value is -3.29. The molecular weight excluding hydrogens is 407 g/mol. The molecule has 0 spiro atoms. The number of carbonyl (C=O) groups is 1. The average Bonchev–Trinajstić information content (AvgIpc) is 3.56. The Kier molecular flexibility index (Phi) is 6.21. The van der Waals surface area contributed by atoms with Crippen LogP contribution in [0.25, 0.3) is 11.3 Å². The van der Waals surface area contributed by atoms with Crippen molar-refractivity contribution in [3.63, 3.8) is 0 Å². The Labute approximate surface area is 187 Å². The first-order chi connectivity index (χ1) is 15.1. The largest absolute Gasteiger partial charge is 0.352 e. The highest BCUT2D eigenvalue weighted by Gasteiger charge is 2.30. The lowest BCUT2D eigenvalue weighted by molar-refractivity contribution is -0.132. The zero-order valence-corrected chi connectivity index (χ0v) is 18.6. The number of piperazine rings is 1. The lowest BCUT2D eigenvalue weighted by atomic mass is 10.0. The van der Waals surface area contributed by atoms with Crippen LogP contribution in [-0.4, -0.2) is 57.0 Å². The van der Waals surface area contributed by atoms with Crippen LogP contribution in [0.15, 0.2) is 42.6 Å². The van der Waals surface area contributed by atoms with Crippen molar-refractivity contribution in [1.29, 1.82) is 0 Å². The maximum absolute atomic E-state index is 13.1. The molecule has 2 aliphatic rings. The zero-order valence-electron chi connectivity index (χ0n) is 18.6. The number of carbonyl (C=O) groups excluding carboxylic acids is 1. The van der Waals surface area contributed by atoms with Gasteiger partial charge in [-0.3, -0.25) is 14.2 Å². The number of halogens is 1. The summed E-state index contributed by atoms with van der Waals surface area (Å²) in [6.07, 6.45) is 4.04. The van der Waals surface area contributed by atoms with Gasteiger partial charge in [-0.15, -0.1) is 5.10 Å². The minimum atomic E-state index is 0. The van der Waals surface area contributed by atoms with Crippen LogP contribution in [0.5, 0.6) is 0 Å². The zero-order chi connectivity index (χ0) is 21.4. The van der Waals surface area contributed by atoms with Crippen LogP contribution in [0, 0.1) is 13.8 Å². The Morgan fingerprint density at radius 3 is 2.47 bits per heavy atom. The molecule has 1 aliphatic carbocycles. The second kappa shape index (κ2) is 9.06. The summed E-state index contributed by atoms with van der Waals surface area (Å²) in [5.74, 6) is 1.54. The Morgan fingerprint density at radius 1 is 1.03 bits per heavy atom. The van der Waals surface area contributed by atoms with Gasteiger partial charge in [-0.1, -0.05) is 12.1 Å². The minimum absolute atomic E-state index is 0. The first-order valence-corrected chi connectivity index (χ1v) is 11.0. The average molecular weight is 437 g/mol. The second-order valence-electron chi connectivity index (χ2n) is 8.64. The molecule has 7 nitrogen and oxygen atoms in total. The Morgan fingerprint density at radius 2 is 1.81 bits per heavy atom. The van der Waals surface area contributed by atoms with Crippen molar-refractivity contribution in [3.8, 4) is 11.3 Å². The molecule has 5 rings (SSSR count). The van der Waals surface area contributed by atoms with Crippen molar-refractivity contribution < 1.29 is 9.50 Å². The Bertz CT molecular complexity index is 1090. The molecule has 32 heavy (non-hydrogen) atoms. The predicted molar refractivity (Wildman–Crippen MR) is 122 cm³/mol.